The molecule has 0 aromatic carbocycles. The maximum absolute atomic E-state index is 12.0. The third-order valence-electron chi connectivity index (χ3n) is 2.91. The molecule has 2 saturated heterocycles. The summed E-state index contributed by atoms with van der Waals surface area (Å²) in [5.74, 6) is 1.43. The average molecular weight is 251 g/mol. The van der Waals surface area contributed by atoms with Gasteiger partial charge in [-0.25, -0.2) is 0 Å². The minimum Gasteiger partial charge on any atom is -0.339 e. The van der Waals surface area contributed by atoms with E-state index in [1.54, 1.807) is 0 Å². The highest BCUT2D eigenvalue weighted by Crippen LogP contribution is 2.19. The molecule has 0 aliphatic carbocycles. The number of thioether (sulfide) groups is 1. The van der Waals surface area contributed by atoms with E-state index in [9.17, 15) is 4.79 Å². The van der Waals surface area contributed by atoms with Gasteiger partial charge in [-0.15, -0.1) is 12.4 Å². The van der Waals surface area contributed by atoms with E-state index in [0.717, 1.165) is 38.2 Å². The molecule has 2 aliphatic heterocycles. The lowest BCUT2D eigenvalue weighted by Gasteiger charge is -2.32. The SMILES string of the molecule is CC1CN(C(=O)[C@@H]2CCCN2)CCS1.Cl. The molecule has 0 aromatic rings. The predicted octanol–water partition coefficient (Wildman–Crippen LogP) is 1.12. The highest BCUT2D eigenvalue weighted by Gasteiger charge is 2.29. The Hall–Kier alpha value is 0.0700. The number of hydrogen-bond acceptors (Lipinski definition) is 3. The fourth-order valence-corrected chi connectivity index (χ4v) is 3.15. The van der Waals surface area contributed by atoms with Crippen LogP contribution in [0.2, 0.25) is 0 Å². The van der Waals surface area contributed by atoms with Crippen LogP contribution in [0.1, 0.15) is 19.8 Å². The van der Waals surface area contributed by atoms with Crippen LogP contribution in [0.4, 0.5) is 0 Å². The number of nitrogens with zero attached hydrogens (tertiary/aromatic N) is 1. The molecule has 2 fully saturated rings. The second-order valence-electron chi connectivity index (χ2n) is 4.11. The van der Waals surface area contributed by atoms with Gasteiger partial charge in [-0.1, -0.05) is 6.92 Å². The van der Waals surface area contributed by atoms with Crippen LogP contribution in [0.3, 0.4) is 0 Å². The van der Waals surface area contributed by atoms with Crippen LogP contribution in [-0.2, 0) is 4.79 Å². The van der Waals surface area contributed by atoms with Gasteiger partial charge in [0.15, 0.2) is 0 Å². The second kappa shape index (κ2) is 5.97. The third-order valence-corrected chi connectivity index (χ3v) is 4.05. The fourth-order valence-electron chi connectivity index (χ4n) is 2.13. The molecule has 0 saturated carbocycles. The lowest BCUT2D eigenvalue weighted by Crippen LogP contribution is -2.48. The summed E-state index contributed by atoms with van der Waals surface area (Å²) in [5.41, 5.74) is 0. The molecular weight excluding hydrogens is 232 g/mol. The van der Waals surface area contributed by atoms with Crippen molar-refractivity contribution in [2.75, 3.05) is 25.4 Å². The van der Waals surface area contributed by atoms with Crippen molar-refractivity contribution in [2.24, 2.45) is 0 Å². The van der Waals surface area contributed by atoms with Gasteiger partial charge in [-0.3, -0.25) is 4.79 Å². The lowest BCUT2D eigenvalue weighted by atomic mass is 10.2. The first-order chi connectivity index (χ1) is 6.77. The number of rotatable bonds is 1. The summed E-state index contributed by atoms with van der Waals surface area (Å²) in [6.45, 7) is 5.08. The van der Waals surface area contributed by atoms with Gasteiger partial charge in [-0.05, 0) is 19.4 Å². The Morgan fingerprint density at radius 2 is 2.33 bits per heavy atom. The number of hydrogen-bond donors (Lipinski definition) is 1. The first-order valence-corrected chi connectivity index (χ1v) is 6.46. The molecule has 88 valence electrons. The van der Waals surface area contributed by atoms with Crippen molar-refractivity contribution in [1.82, 2.24) is 10.2 Å². The Morgan fingerprint density at radius 3 is 2.93 bits per heavy atom. The molecule has 5 heteroatoms. The Balaban J connectivity index is 0.00000112. The van der Waals surface area contributed by atoms with Crippen LogP contribution < -0.4 is 5.32 Å². The van der Waals surface area contributed by atoms with Crippen LogP contribution >= 0.6 is 24.2 Å². The van der Waals surface area contributed by atoms with E-state index >= 15 is 0 Å². The topological polar surface area (TPSA) is 32.3 Å². The van der Waals surface area contributed by atoms with Gasteiger partial charge < -0.3 is 10.2 Å². The monoisotopic (exact) mass is 250 g/mol. The Kier molecular flexibility index (Phi) is 5.23. The van der Waals surface area contributed by atoms with E-state index < -0.39 is 0 Å². The van der Waals surface area contributed by atoms with Crippen LogP contribution in [0, 0.1) is 0 Å². The zero-order valence-electron chi connectivity index (χ0n) is 9.07. The molecule has 1 amide bonds. The molecule has 0 aromatic heterocycles. The minimum atomic E-state index is 0. The average Bonchev–Trinajstić information content (AvgIpc) is 2.69. The molecule has 0 bridgehead atoms. The van der Waals surface area contributed by atoms with Gasteiger partial charge in [0.1, 0.15) is 0 Å². The summed E-state index contributed by atoms with van der Waals surface area (Å²) in [6.07, 6.45) is 2.17. The van der Waals surface area contributed by atoms with Crippen LogP contribution in [0.15, 0.2) is 0 Å². The summed E-state index contributed by atoms with van der Waals surface area (Å²) >= 11 is 1.97. The van der Waals surface area contributed by atoms with Crippen molar-refractivity contribution in [3.05, 3.63) is 0 Å². The maximum atomic E-state index is 12.0. The summed E-state index contributed by atoms with van der Waals surface area (Å²) in [7, 11) is 0. The van der Waals surface area contributed by atoms with Crippen LogP contribution in [0.25, 0.3) is 0 Å². The fraction of sp³-hybridized carbons (Fsp3) is 0.900. The Labute approximate surface area is 102 Å². The van der Waals surface area contributed by atoms with Gasteiger partial charge in [-0.2, -0.15) is 11.8 Å². The number of carbonyl (C=O) groups is 1. The van der Waals surface area contributed by atoms with Crippen LogP contribution in [-0.4, -0.2) is 47.5 Å². The zero-order chi connectivity index (χ0) is 9.97. The van der Waals surface area contributed by atoms with E-state index in [1.807, 2.05) is 16.7 Å². The number of amides is 1. The normalized spacial score (nSPS) is 31.1. The van der Waals surface area contributed by atoms with E-state index in [0.29, 0.717) is 11.2 Å². The first-order valence-electron chi connectivity index (χ1n) is 5.41. The molecule has 2 rings (SSSR count). The van der Waals surface area contributed by atoms with Crippen molar-refractivity contribution in [3.63, 3.8) is 0 Å². The first kappa shape index (κ1) is 13.1. The van der Waals surface area contributed by atoms with Crippen molar-refractivity contribution < 1.29 is 4.79 Å². The van der Waals surface area contributed by atoms with Gasteiger partial charge in [0.25, 0.3) is 0 Å². The smallest absolute Gasteiger partial charge is 0.239 e. The molecule has 2 aliphatic rings. The Bertz CT molecular complexity index is 221. The summed E-state index contributed by atoms with van der Waals surface area (Å²) in [5, 5.41) is 3.88. The van der Waals surface area contributed by atoms with E-state index in [-0.39, 0.29) is 18.4 Å². The van der Waals surface area contributed by atoms with Crippen LogP contribution in [0.5, 0.6) is 0 Å². The number of halogens is 1. The van der Waals surface area contributed by atoms with Gasteiger partial charge >= 0.3 is 0 Å². The lowest BCUT2D eigenvalue weighted by molar-refractivity contribution is -0.132. The molecule has 2 heterocycles. The quantitative estimate of drug-likeness (QED) is 0.757. The molecule has 15 heavy (non-hydrogen) atoms. The summed E-state index contributed by atoms with van der Waals surface area (Å²) < 4.78 is 0. The molecule has 2 atom stereocenters. The highest BCUT2D eigenvalue weighted by atomic mass is 35.5. The summed E-state index contributed by atoms with van der Waals surface area (Å²) in [4.78, 5) is 14.0. The summed E-state index contributed by atoms with van der Waals surface area (Å²) in [6, 6.07) is 0.116. The molecule has 1 N–H and O–H groups in total. The Morgan fingerprint density at radius 1 is 1.53 bits per heavy atom. The van der Waals surface area contributed by atoms with E-state index in [2.05, 4.69) is 12.2 Å². The van der Waals surface area contributed by atoms with Crippen molar-refractivity contribution >= 4 is 30.1 Å². The third kappa shape index (κ3) is 3.26. The molecular formula is C10H19ClN2OS. The molecule has 1 unspecified atom stereocenters. The second-order valence-corrected chi connectivity index (χ2v) is 5.66. The predicted molar refractivity (Wildman–Crippen MR) is 66.8 cm³/mol. The highest BCUT2D eigenvalue weighted by molar-refractivity contribution is 7.99. The van der Waals surface area contributed by atoms with Gasteiger partial charge in [0.05, 0.1) is 6.04 Å². The van der Waals surface area contributed by atoms with E-state index in [1.165, 1.54) is 0 Å². The van der Waals surface area contributed by atoms with Crippen molar-refractivity contribution in [1.29, 1.82) is 0 Å². The van der Waals surface area contributed by atoms with Crippen molar-refractivity contribution in [2.45, 2.75) is 31.1 Å². The molecule has 0 spiro atoms. The maximum Gasteiger partial charge on any atom is 0.239 e. The molecule has 3 nitrogen and oxygen atoms in total. The minimum absolute atomic E-state index is 0. The van der Waals surface area contributed by atoms with Gasteiger partial charge in [0, 0.05) is 24.1 Å². The number of carbonyl (C=O) groups excluding carboxylic acids is 1. The van der Waals surface area contributed by atoms with E-state index in [4.69, 9.17) is 0 Å². The largest absolute Gasteiger partial charge is 0.339 e. The van der Waals surface area contributed by atoms with Gasteiger partial charge in [0.2, 0.25) is 5.91 Å². The standard InChI is InChI=1S/C10H18N2OS.ClH/c1-8-7-12(5-6-14-8)10(13)9-3-2-4-11-9;/h8-9,11H,2-7H2,1H3;1H/t8?,9-;/m0./s1. The number of nitrogens with one attached hydrogen (secondary N) is 1. The zero-order valence-corrected chi connectivity index (χ0v) is 10.7. The van der Waals surface area contributed by atoms with Crippen molar-refractivity contribution in [3.8, 4) is 0 Å². The molecule has 0 radical (unpaired) electrons.